The minimum Gasteiger partial charge on any atom is -0.495 e. The van der Waals surface area contributed by atoms with Gasteiger partial charge in [-0.2, -0.15) is 0 Å². The molecule has 3 aromatic rings. The summed E-state index contributed by atoms with van der Waals surface area (Å²) in [6.07, 6.45) is 1.03. The molecule has 7 heteroatoms. The average Bonchev–Trinajstić information content (AvgIpc) is 3.51. The molecule has 0 unspecified atom stereocenters. The maximum absolute atomic E-state index is 13.2. The zero-order chi connectivity index (χ0) is 21.2. The summed E-state index contributed by atoms with van der Waals surface area (Å²) in [5, 5.41) is 4.32. The Kier molecular flexibility index (Phi) is 5.98. The van der Waals surface area contributed by atoms with Crippen molar-refractivity contribution in [2.75, 3.05) is 51.3 Å². The molecule has 5 rings (SSSR count). The second kappa shape index (κ2) is 9.02. The lowest BCUT2D eigenvalue weighted by Gasteiger charge is -2.39. The minimum absolute atomic E-state index is 0.203. The Bertz CT molecular complexity index is 1030. The number of piperazine rings is 1. The predicted octanol–water partition coefficient (Wildman–Crippen LogP) is 4.11. The van der Waals surface area contributed by atoms with Crippen molar-refractivity contribution < 1.29 is 9.53 Å². The van der Waals surface area contributed by atoms with E-state index >= 15 is 0 Å². The molecule has 0 N–H and O–H groups in total. The second-order valence-electron chi connectivity index (χ2n) is 7.98. The van der Waals surface area contributed by atoms with Gasteiger partial charge in [0.1, 0.15) is 5.75 Å². The van der Waals surface area contributed by atoms with Gasteiger partial charge in [-0.15, -0.1) is 22.7 Å². The average molecular weight is 454 g/mol. The molecular weight excluding hydrogens is 426 g/mol. The van der Waals surface area contributed by atoms with Gasteiger partial charge in [0.25, 0.3) is 0 Å². The molecule has 0 bridgehead atoms. The van der Waals surface area contributed by atoms with Gasteiger partial charge < -0.3 is 14.5 Å². The van der Waals surface area contributed by atoms with Gasteiger partial charge in [0, 0.05) is 42.5 Å². The molecule has 0 radical (unpaired) electrons. The lowest BCUT2D eigenvalue weighted by molar-refractivity contribution is -0.133. The van der Waals surface area contributed by atoms with E-state index in [0.29, 0.717) is 6.54 Å². The van der Waals surface area contributed by atoms with Crippen molar-refractivity contribution in [1.29, 1.82) is 0 Å². The van der Waals surface area contributed by atoms with E-state index in [4.69, 9.17) is 4.74 Å². The van der Waals surface area contributed by atoms with Crippen LogP contribution in [0.2, 0.25) is 0 Å². The van der Waals surface area contributed by atoms with E-state index in [2.05, 4.69) is 44.8 Å². The number of carbonyl (C=O) groups is 1. The molecule has 1 fully saturated rings. The first kappa shape index (κ1) is 20.5. The van der Waals surface area contributed by atoms with Crippen LogP contribution in [0.25, 0.3) is 0 Å². The van der Waals surface area contributed by atoms with E-state index in [9.17, 15) is 4.79 Å². The van der Waals surface area contributed by atoms with E-state index in [-0.39, 0.29) is 11.9 Å². The van der Waals surface area contributed by atoms with E-state index in [1.165, 1.54) is 15.3 Å². The Hall–Kier alpha value is -2.35. The third-order valence-electron chi connectivity index (χ3n) is 6.27. The topological polar surface area (TPSA) is 36.0 Å². The largest absolute Gasteiger partial charge is 0.495 e. The van der Waals surface area contributed by atoms with Crippen molar-refractivity contribution in [3.05, 3.63) is 68.5 Å². The molecule has 0 saturated carbocycles. The highest BCUT2D eigenvalue weighted by atomic mass is 32.1. The van der Waals surface area contributed by atoms with Gasteiger partial charge in [0.05, 0.1) is 25.4 Å². The monoisotopic (exact) mass is 453 g/mol. The first-order chi connectivity index (χ1) is 15.2. The molecule has 2 aliphatic heterocycles. The van der Waals surface area contributed by atoms with Crippen LogP contribution in [0.3, 0.4) is 0 Å². The van der Waals surface area contributed by atoms with E-state index in [1.807, 2.05) is 34.4 Å². The highest BCUT2D eigenvalue weighted by Gasteiger charge is 2.33. The fourth-order valence-electron chi connectivity index (χ4n) is 4.68. The maximum Gasteiger partial charge on any atom is 0.236 e. The number of ether oxygens (including phenoxy) is 1. The molecule has 1 atom stereocenters. The van der Waals surface area contributed by atoms with Crippen molar-refractivity contribution >= 4 is 34.3 Å². The second-order valence-corrected chi connectivity index (χ2v) is 9.96. The molecule has 5 nitrogen and oxygen atoms in total. The van der Waals surface area contributed by atoms with Crippen LogP contribution in [-0.4, -0.2) is 62.1 Å². The zero-order valence-corrected chi connectivity index (χ0v) is 19.3. The van der Waals surface area contributed by atoms with Crippen molar-refractivity contribution in [1.82, 2.24) is 9.80 Å². The standard InChI is InChI=1S/C24H27N3O2S2/c1-29-20-6-3-2-5-19(20)25-11-13-26(14-12-25)23(28)17-27-10-8-21-18(9-16-31-21)24(27)22-7-4-15-30-22/h2-7,9,15-16,24H,8,10-14,17H2,1H3/t24-/m0/s1. The number of hydrogen-bond acceptors (Lipinski definition) is 6. The predicted molar refractivity (Wildman–Crippen MR) is 128 cm³/mol. The molecule has 1 amide bonds. The van der Waals surface area contributed by atoms with Crippen LogP contribution < -0.4 is 9.64 Å². The SMILES string of the molecule is COc1ccccc1N1CCN(C(=O)CN2CCc3sccc3[C@H]2c2cccs2)CC1. The normalized spacial score (nSPS) is 19.3. The summed E-state index contributed by atoms with van der Waals surface area (Å²) in [6, 6.07) is 14.9. The van der Waals surface area contributed by atoms with Gasteiger partial charge >= 0.3 is 0 Å². The molecule has 4 heterocycles. The summed E-state index contributed by atoms with van der Waals surface area (Å²) in [6.45, 7) is 4.57. The van der Waals surface area contributed by atoms with Crippen LogP contribution in [0.15, 0.2) is 53.2 Å². The number of hydrogen-bond donors (Lipinski definition) is 0. The fourth-order valence-corrected chi connectivity index (χ4v) is 6.46. The Morgan fingerprint density at radius 1 is 1.00 bits per heavy atom. The Balaban J connectivity index is 1.25. The summed E-state index contributed by atoms with van der Waals surface area (Å²) in [5.41, 5.74) is 2.49. The van der Waals surface area contributed by atoms with Gasteiger partial charge in [-0.05, 0) is 47.0 Å². The molecular formula is C24H27N3O2S2. The summed E-state index contributed by atoms with van der Waals surface area (Å²) in [7, 11) is 1.71. The molecule has 2 aromatic heterocycles. The smallest absolute Gasteiger partial charge is 0.236 e. The molecule has 0 aliphatic carbocycles. The number of amides is 1. The molecule has 162 valence electrons. The third-order valence-corrected chi connectivity index (χ3v) is 8.20. The maximum atomic E-state index is 13.2. The molecule has 2 aliphatic rings. The van der Waals surface area contributed by atoms with Crippen LogP contribution >= 0.6 is 22.7 Å². The number of anilines is 1. The van der Waals surface area contributed by atoms with Crippen LogP contribution in [0, 0.1) is 0 Å². The molecule has 0 spiro atoms. The van der Waals surface area contributed by atoms with Crippen molar-refractivity contribution in [3.63, 3.8) is 0 Å². The quantitative estimate of drug-likeness (QED) is 0.582. The Labute approximate surface area is 191 Å². The molecule has 31 heavy (non-hydrogen) atoms. The van der Waals surface area contributed by atoms with Gasteiger partial charge in [-0.25, -0.2) is 0 Å². The number of benzene rings is 1. The first-order valence-electron chi connectivity index (χ1n) is 10.7. The van der Waals surface area contributed by atoms with Crippen molar-refractivity contribution in [2.45, 2.75) is 12.5 Å². The van der Waals surface area contributed by atoms with Crippen LogP contribution in [0.1, 0.15) is 21.4 Å². The van der Waals surface area contributed by atoms with Crippen molar-refractivity contribution in [3.8, 4) is 5.75 Å². The summed E-state index contributed by atoms with van der Waals surface area (Å²) in [4.78, 5) is 22.8. The van der Waals surface area contributed by atoms with Crippen LogP contribution in [-0.2, 0) is 11.2 Å². The van der Waals surface area contributed by atoms with Crippen LogP contribution in [0.5, 0.6) is 5.75 Å². The van der Waals surface area contributed by atoms with Crippen LogP contribution in [0.4, 0.5) is 5.69 Å². The van der Waals surface area contributed by atoms with E-state index in [0.717, 1.165) is 50.6 Å². The molecule has 1 aromatic carbocycles. The minimum atomic E-state index is 0.203. The highest BCUT2D eigenvalue weighted by molar-refractivity contribution is 7.10. The lowest BCUT2D eigenvalue weighted by Crippen LogP contribution is -2.52. The number of para-hydroxylation sites is 2. The van der Waals surface area contributed by atoms with Gasteiger partial charge in [-0.1, -0.05) is 18.2 Å². The molecule has 1 saturated heterocycles. The number of rotatable bonds is 5. The number of thiophene rings is 2. The summed E-state index contributed by atoms with van der Waals surface area (Å²) < 4.78 is 5.52. The van der Waals surface area contributed by atoms with Gasteiger partial charge in [0.15, 0.2) is 0 Å². The van der Waals surface area contributed by atoms with Gasteiger partial charge in [0.2, 0.25) is 5.91 Å². The van der Waals surface area contributed by atoms with E-state index < -0.39 is 0 Å². The van der Waals surface area contributed by atoms with Gasteiger partial charge in [-0.3, -0.25) is 9.69 Å². The lowest BCUT2D eigenvalue weighted by atomic mass is 9.98. The van der Waals surface area contributed by atoms with Crippen molar-refractivity contribution in [2.24, 2.45) is 0 Å². The summed E-state index contributed by atoms with van der Waals surface area (Å²) >= 11 is 3.63. The zero-order valence-electron chi connectivity index (χ0n) is 17.7. The fraction of sp³-hybridized carbons (Fsp3) is 0.375. The number of carbonyl (C=O) groups excluding carboxylic acids is 1. The van der Waals surface area contributed by atoms with E-state index in [1.54, 1.807) is 18.4 Å². The number of fused-ring (bicyclic) bond motifs is 1. The highest BCUT2D eigenvalue weighted by Crippen LogP contribution is 2.39. The first-order valence-corrected chi connectivity index (χ1v) is 12.5. The number of methoxy groups -OCH3 is 1. The third kappa shape index (κ3) is 4.10. The Morgan fingerprint density at radius 3 is 2.61 bits per heavy atom. The number of nitrogens with zero attached hydrogens (tertiary/aromatic N) is 3. The Morgan fingerprint density at radius 2 is 1.84 bits per heavy atom. The summed E-state index contributed by atoms with van der Waals surface area (Å²) in [5.74, 6) is 1.13.